The van der Waals surface area contributed by atoms with Crippen molar-refractivity contribution < 1.29 is 9.68 Å². The van der Waals surface area contributed by atoms with Gasteiger partial charge >= 0.3 is 6.53 Å². The van der Waals surface area contributed by atoms with Gasteiger partial charge in [-0.1, -0.05) is 18.2 Å². The van der Waals surface area contributed by atoms with Crippen LogP contribution >= 0.6 is 11.5 Å². The molecule has 2 nitrogen and oxygen atoms in total. The Hall–Kier alpha value is -0.665. The third kappa shape index (κ3) is 2.44. The lowest BCUT2D eigenvalue weighted by Gasteiger charge is -2.06. The molecule has 0 bridgehead atoms. The van der Waals surface area contributed by atoms with Gasteiger partial charge in [0.05, 0.1) is 0 Å². The van der Waals surface area contributed by atoms with Gasteiger partial charge in [-0.15, -0.1) is 11.5 Å². The lowest BCUT2D eigenvalue weighted by atomic mass is 10.2. The van der Waals surface area contributed by atoms with Crippen molar-refractivity contribution in [3.63, 3.8) is 0 Å². The van der Waals surface area contributed by atoms with Crippen molar-refractivity contribution in [1.29, 1.82) is 0 Å². The van der Waals surface area contributed by atoms with Crippen molar-refractivity contribution in [2.75, 3.05) is 0 Å². The number of aryl methyl sites for hydroxylation is 1. The van der Waals surface area contributed by atoms with Gasteiger partial charge in [0.2, 0.25) is 0 Å². The number of hydrogen-bond donors (Lipinski definition) is 1. The van der Waals surface area contributed by atoms with E-state index in [1.807, 2.05) is 25.1 Å². The lowest BCUT2D eigenvalue weighted by Crippen LogP contribution is -2.13. The zero-order valence-corrected chi connectivity index (χ0v) is 6.88. The summed E-state index contributed by atoms with van der Waals surface area (Å²) in [6.07, 6.45) is 0. The standard InChI is InChI=1S/C7H8BClO2/c1-6-4-2-3-5-7(6)11-8(9)10/h2-5,10H,1H3. The summed E-state index contributed by atoms with van der Waals surface area (Å²) < 4.78 is 4.87. The van der Waals surface area contributed by atoms with Crippen molar-refractivity contribution in [2.45, 2.75) is 6.92 Å². The molecule has 0 aromatic heterocycles. The van der Waals surface area contributed by atoms with Crippen LogP contribution in [0.4, 0.5) is 0 Å². The molecule has 1 N–H and O–H groups in total. The van der Waals surface area contributed by atoms with Gasteiger partial charge in [0.15, 0.2) is 0 Å². The average Bonchev–Trinajstić information content (AvgIpc) is 1.93. The summed E-state index contributed by atoms with van der Waals surface area (Å²) in [6.45, 7) is 0.616. The van der Waals surface area contributed by atoms with E-state index in [1.54, 1.807) is 6.07 Å². The Morgan fingerprint density at radius 1 is 1.45 bits per heavy atom. The molecule has 11 heavy (non-hydrogen) atoms. The van der Waals surface area contributed by atoms with Gasteiger partial charge in [0, 0.05) is 0 Å². The maximum Gasteiger partial charge on any atom is 0.639 e. The van der Waals surface area contributed by atoms with Crippen LogP contribution in [0, 0.1) is 6.92 Å². The largest absolute Gasteiger partial charge is 0.639 e. The molecule has 0 saturated carbocycles. The van der Waals surface area contributed by atoms with E-state index in [4.69, 9.17) is 21.1 Å². The molecule has 0 saturated heterocycles. The van der Waals surface area contributed by atoms with E-state index in [0.717, 1.165) is 5.56 Å². The van der Waals surface area contributed by atoms with Gasteiger partial charge in [-0.05, 0) is 18.6 Å². The van der Waals surface area contributed by atoms with Gasteiger partial charge in [-0.25, -0.2) is 0 Å². The Balaban J connectivity index is 2.78. The van der Waals surface area contributed by atoms with Crippen LogP contribution in [0.3, 0.4) is 0 Å². The van der Waals surface area contributed by atoms with Gasteiger partial charge in [0.25, 0.3) is 0 Å². The molecule has 0 unspecified atom stereocenters. The SMILES string of the molecule is Cc1ccccc1OB(O)Cl. The van der Waals surface area contributed by atoms with Crippen LogP contribution in [0.25, 0.3) is 0 Å². The number of hydrogen-bond acceptors (Lipinski definition) is 2. The van der Waals surface area contributed by atoms with Crippen molar-refractivity contribution in [2.24, 2.45) is 0 Å². The van der Waals surface area contributed by atoms with Crippen molar-refractivity contribution in [1.82, 2.24) is 0 Å². The molecule has 1 rings (SSSR count). The number of benzene rings is 1. The highest BCUT2D eigenvalue weighted by molar-refractivity contribution is 6.98. The molecule has 0 amide bonds. The molecule has 0 radical (unpaired) electrons. The fourth-order valence-electron chi connectivity index (χ4n) is 0.793. The first-order chi connectivity index (χ1) is 5.20. The summed E-state index contributed by atoms with van der Waals surface area (Å²) in [5.41, 5.74) is 0.951. The van der Waals surface area contributed by atoms with E-state index in [2.05, 4.69) is 0 Å². The lowest BCUT2D eigenvalue weighted by molar-refractivity contribution is 0.440. The predicted octanol–water partition coefficient (Wildman–Crippen LogP) is 1.59. The molecule has 1 aromatic carbocycles. The number of rotatable bonds is 2. The summed E-state index contributed by atoms with van der Waals surface area (Å²) >= 11 is 5.22. The van der Waals surface area contributed by atoms with E-state index in [0.29, 0.717) is 5.75 Å². The molecule has 58 valence electrons. The Bertz CT molecular complexity index is 240. The molecule has 0 aliphatic rings. The molecule has 4 heteroatoms. The second-order valence-corrected chi connectivity index (χ2v) is 2.55. The molecular formula is C7H8BClO2. The topological polar surface area (TPSA) is 29.5 Å². The molecular weight excluding hydrogens is 162 g/mol. The molecule has 0 fully saturated rings. The van der Waals surface area contributed by atoms with Crippen LogP contribution in [-0.4, -0.2) is 11.6 Å². The van der Waals surface area contributed by atoms with E-state index in [9.17, 15) is 0 Å². The summed E-state index contributed by atoms with van der Waals surface area (Å²) in [5, 5.41) is 8.67. The minimum atomic E-state index is -1.27. The van der Waals surface area contributed by atoms with Crippen LogP contribution < -0.4 is 4.65 Å². The van der Waals surface area contributed by atoms with Crippen LogP contribution in [0.5, 0.6) is 5.75 Å². The third-order valence-electron chi connectivity index (χ3n) is 1.32. The Kier molecular flexibility index (Phi) is 2.80. The summed E-state index contributed by atoms with van der Waals surface area (Å²) in [6, 6.07) is 7.35. The summed E-state index contributed by atoms with van der Waals surface area (Å²) in [7, 11) is 0. The second kappa shape index (κ2) is 3.65. The van der Waals surface area contributed by atoms with Crippen LogP contribution in [0.2, 0.25) is 0 Å². The monoisotopic (exact) mass is 170 g/mol. The van der Waals surface area contributed by atoms with Crippen LogP contribution in [0.1, 0.15) is 5.56 Å². The number of para-hydroxylation sites is 1. The zero-order chi connectivity index (χ0) is 8.27. The van der Waals surface area contributed by atoms with Crippen LogP contribution in [0.15, 0.2) is 24.3 Å². The fourth-order valence-corrected chi connectivity index (χ4v) is 0.889. The molecule has 1 aromatic rings. The summed E-state index contributed by atoms with van der Waals surface area (Å²) in [5.74, 6) is 0.606. The zero-order valence-electron chi connectivity index (χ0n) is 6.12. The van der Waals surface area contributed by atoms with E-state index in [1.165, 1.54) is 0 Å². The molecule has 0 aliphatic carbocycles. The highest BCUT2D eigenvalue weighted by atomic mass is 35.5. The van der Waals surface area contributed by atoms with E-state index in [-0.39, 0.29) is 0 Å². The number of halogens is 1. The molecule has 0 heterocycles. The second-order valence-electron chi connectivity index (χ2n) is 2.18. The Labute approximate surface area is 70.8 Å². The van der Waals surface area contributed by atoms with Crippen LogP contribution in [-0.2, 0) is 0 Å². The maximum atomic E-state index is 8.67. The molecule has 0 aliphatic heterocycles. The summed E-state index contributed by atoms with van der Waals surface area (Å²) in [4.78, 5) is 0. The maximum absolute atomic E-state index is 8.67. The molecule has 0 spiro atoms. The molecule has 0 atom stereocenters. The highest BCUT2D eigenvalue weighted by Crippen LogP contribution is 2.16. The Morgan fingerprint density at radius 3 is 2.64 bits per heavy atom. The normalized spacial score (nSPS) is 9.36. The van der Waals surface area contributed by atoms with E-state index >= 15 is 0 Å². The minimum absolute atomic E-state index is 0.606. The fraction of sp³-hybridized carbons (Fsp3) is 0.143. The van der Waals surface area contributed by atoms with Crippen molar-refractivity contribution in [3.8, 4) is 5.75 Å². The highest BCUT2D eigenvalue weighted by Gasteiger charge is 2.10. The smallest absolute Gasteiger partial charge is 0.523 e. The van der Waals surface area contributed by atoms with Gasteiger partial charge in [0.1, 0.15) is 5.75 Å². The van der Waals surface area contributed by atoms with Gasteiger partial charge in [-0.2, -0.15) is 0 Å². The minimum Gasteiger partial charge on any atom is -0.523 e. The Morgan fingerprint density at radius 2 is 2.09 bits per heavy atom. The quantitative estimate of drug-likeness (QED) is 0.683. The van der Waals surface area contributed by atoms with Gasteiger partial charge < -0.3 is 9.68 Å². The van der Waals surface area contributed by atoms with Crippen molar-refractivity contribution >= 4 is 18.0 Å². The third-order valence-corrected chi connectivity index (χ3v) is 1.41. The average molecular weight is 170 g/mol. The first-order valence-corrected chi connectivity index (χ1v) is 3.68. The first-order valence-electron chi connectivity index (χ1n) is 3.24. The van der Waals surface area contributed by atoms with Crippen molar-refractivity contribution in [3.05, 3.63) is 29.8 Å². The first kappa shape index (κ1) is 8.43. The van der Waals surface area contributed by atoms with Gasteiger partial charge in [-0.3, -0.25) is 0 Å². The predicted molar refractivity (Wildman–Crippen MR) is 45.6 cm³/mol. The van der Waals surface area contributed by atoms with E-state index < -0.39 is 6.53 Å².